The number of halogens is 1. The summed E-state index contributed by atoms with van der Waals surface area (Å²) < 4.78 is 6.24. The molecule has 84 valence electrons. The average molecular weight is 298 g/mol. The molecule has 1 aromatic heterocycles. The van der Waals surface area contributed by atoms with E-state index in [4.69, 9.17) is 4.52 Å². The fourth-order valence-electron chi connectivity index (χ4n) is 1.42. The maximum Gasteiger partial charge on any atom is 0.137 e. The SMILES string of the molecule is Cc1noc(C)c1CSc1cccc(Br)c1. The summed E-state index contributed by atoms with van der Waals surface area (Å²) in [6, 6.07) is 8.29. The molecule has 2 rings (SSSR count). The molecule has 0 aliphatic heterocycles. The zero-order valence-corrected chi connectivity index (χ0v) is 11.6. The Morgan fingerprint density at radius 2 is 2.19 bits per heavy atom. The lowest BCUT2D eigenvalue weighted by atomic mass is 10.2. The molecule has 4 heteroatoms. The van der Waals surface area contributed by atoms with Gasteiger partial charge in [-0.15, -0.1) is 11.8 Å². The van der Waals surface area contributed by atoms with Crippen molar-refractivity contribution in [2.45, 2.75) is 24.5 Å². The van der Waals surface area contributed by atoms with Crippen LogP contribution in [0.15, 0.2) is 38.2 Å². The molecule has 16 heavy (non-hydrogen) atoms. The van der Waals surface area contributed by atoms with Gasteiger partial charge >= 0.3 is 0 Å². The van der Waals surface area contributed by atoms with E-state index < -0.39 is 0 Å². The van der Waals surface area contributed by atoms with Gasteiger partial charge in [0.05, 0.1) is 5.69 Å². The van der Waals surface area contributed by atoms with E-state index in [2.05, 4.69) is 33.2 Å². The molecule has 0 aliphatic carbocycles. The monoisotopic (exact) mass is 297 g/mol. The minimum atomic E-state index is 0.900. The molecule has 0 bridgehead atoms. The zero-order chi connectivity index (χ0) is 11.5. The van der Waals surface area contributed by atoms with E-state index in [-0.39, 0.29) is 0 Å². The van der Waals surface area contributed by atoms with Gasteiger partial charge < -0.3 is 4.52 Å². The molecule has 0 atom stereocenters. The van der Waals surface area contributed by atoms with Crippen molar-refractivity contribution < 1.29 is 4.52 Å². The van der Waals surface area contributed by atoms with E-state index in [1.807, 2.05) is 26.0 Å². The van der Waals surface area contributed by atoms with Gasteiger partial charge in [-0.2, -0.15) is 0 Å². The number of rotatable bonds is 3. The molecule has 0 saturated heterocycles. The van der Waals surface area contributed by atoms with Gasteiger partial charge in [0.2, 0.25) is 0 Å². The Labute approximate surface area is 108 Å². The van der Waals surface area contributed by atoms with Crippen molar-refractivity contribution in [2.24, 2.45) is 0 Å². The summed E-state index contributed by atoms with van der Waals surface area (Å²) in [5.41, 5.74) is 2.19. The first kappa shape index (κ1) is 11.7. The second-order valence-electron chi connectivity index (χ2n) is 3.55. The predicted molar refractivity (Wildman–Crippen MR) is 69.7 cm³/mol. The Morgan fingerprint density at radius 1 is 1.38 bits per heavy atom. The Kier molecular flexibility index (Phi) is 3.71. The molecule has 2 aromatic rings. The highest BCUT2D eigenvalue weighted by atomic mass is 79.9. The summed E-state index contributed by atoms with van der Waals surface area (Å²) in [5, 5.41) is 3.95. The summed E-state index contributed by atoms with van der Waals surface area (Å²) in [5.74, 6) is 1.82. The van der Waals surface area contributed by atoms with Crippen LogP contribution in [0.1, 0.15) is 17.0 Å². The first-order valence-corrected chi connectivity index (χ1v) is 6.75. The Bertz CT molecular complexity index is 476. The molecular weight excluding hydrogens is 286 g/mol. The van der Waals surface area contributed by atoms with Gasteiger partial charge in [0.25, 0.3) is 0 Å². The number of aryl methyl sites for hydroxylation is 2. The lowest BCUT2D eigenvalue weighted by molar-refractivity contribution is 0.392. The second kappa shape index (κ2) is 5.06. The summed E-state index contributed by atoms with van der Waals surface area (Å²) in [6.45, 7) is 3.93. The van der Waals surface area contributed by atoms with Crippen molar-refractivity contribution in [1.29, 1.82) is 0 Å². The van der Waals surface area contributed by atoms with E-state index in [9.17, 15) is 0 Å². The van der Waals surface area contributed by atoms with Gasteiger partial charge in [-0.3, -0.25) is 0 Å². The van der Waals surface area contributed by atoms with Crippen LogP contribution in [-0.4, -0.2) is 5.16 Å². The van der Waals surface area contributed by atoms with Crippen LogP contribution < -0.4 is 0 Å². The van der Waals surface area contributed by atoms with Crippen LogP contribution in [0.25, 0.3) is 0 Å². The van der Waals surface area contributed by atoms with Crippen molar-refractivity contribution in [3.05, 3.63) is 45.8 Å². The normalized spacial score (nSPS) is 10.7. The van der Waals surface area contributed by atoms with Crippen LogP contribution >= 0.6 is 27.7 Å². The minimum absolute atomic E-state index is 0.900. The molecule has 0 fully saturated rings. The molecule has 1 heterocycles. The average Bonchev–Trinajstić information content (AvgIpc) is 2.56. The van der Waals surface area contributed by atoms with Gasteiger partial charge in [0.1, 0.15) is 5.76 Å². The van der Waals surface area contributed by atoms with Crippen molar-refractivity contribution in [3.63, 3.8) is 0 Å². The zero-order valence-electron chi connectivity index (χ0n) is 9.16. The highest BCUT2D eigenvalue weighted by Gasteiger charge is 2.08. The van der Waals surface area contributed by atoms with Gasteiger partial charge in [0, 0.05) is 20.7 Å². The van der Waals surface area contributed by atoms with Gasteiger partial charge in [0.15, 0.2) is 0 Å². The Hall–Kier alpha value is -0.740. The van der Waals surface area contributed by atoms with Crippen LogP contribution in [0.4, 0.5) is 0 Å². The number of hydrogen-bond acceptors (Lipinski definition) is 3. The molecule has 0 aliphatic rings. The van der Waals surface area contributed by atoms with E-state index in [1.54, 1.807) is 11.8 Å². The molecule has 0 N–H and O–H groups in total. The summed E-state index contributed by atoms with van der Waals surface area (Å²) >= 11 is 5.26. The van der Waals surface area contributed by atoms with Crippen molar-refractivity contribution in [1.82, 2.24) is 5.16 Å². The first-order valence-electron chi connectivity index (χ1n) is 4.97. The minimum Gasteiger partial charge on any atom is -0.361 e. The van der Waals surface area contributed by atoms with Crippen LogP contribution in [0, 0.1) is 13.8 Å². The van der Waals surface area contributed by atoms with E-state index >= 15 is 0 Å². The molecule has 0 radical (unpaired) electrons. The summed E-state index contributed by atoms with van der Waals surface area (Å²) in [7, 11) is 0. The van der Waals surface area contributed by atoms with Crippen molar-refractivity contribution >= 4 is 27.7 Å². The number of nitrogens with zero attached hydrogens (tertiary/aromatic N) is 1. The first-order chi connectivity index (χ1) is 7.66. The number of aromatic nitrogens is 1. The highest BCUT2D eigenvalue weighted by molar-refractivity contribution is 9.10. The van der Waals surface area contributed by atoms with Gasteiger partial charge in [-0.1, -0.05) is 27.2 Å². The van der Waals surface area contributed by atoms with Crippen LogP contribution in [-0.2, 0) is 5.75 Å². The summed E-state index contributed by atoms with van der Waals surface area (Å²) in [4.78, 5) is 1.24. The smallest absolute Gasteiger partial charge is 0.137 e. The van der Waals surface area contributed by atoms with E-state index in [0.717, 1.165) is 21.7 Å². The maximum absolute atomic E-state index is 5.13. The Morgan fingerprint density at radius 3 is 2.81 bits per heavy atom. The fraction of sp³-hybridized carbons (Fsp3) is 0.250. The van der Waals surface area contributed by atoms with Crippen LogP contribution in [0.2, 0.25) is 0 Å². The summed E-state index contributed by atoms with van der Waals surface area (Å²) in [6.07, 6.45) is 0. The highest BCUT2D eigenvalue weighted by Crippen LogP contribution is 2.27. The quantitative estimate of drug-likeness (QED) is 0.788. The topological polar surface area (TPSA) is 26.0 Å². The number of thioether (sulfide) groups is 1. The molecule has 2 nitrogen and oxygen atoms in total. The molecule has 0 spiro atoms. The third-order valence-electron chi connectivity index (χ3n) is 2.36. The maximum atomic E-state index is 5.13. The molecule has 0 saturated carbocycles. The number of hydrogen-bond donors (Lipinski definition) is 0. The van der Waals surface area contributed by atoms with Gasteiger partial charge in [-0.25, -0.2) is 0 Å². The third-order valence-corrected chi connectivity index (χ3v) is 3.87. The van der Waals surface area contributed by atoms with Crippen LogP contribution in [0.5, 0.6) is 0 Å². The third kappa shape index (κ3) is 2.68. The standard InChI is InChI=1S/C12H12BrNOS/c1-8-12(9(2)15-14-8)7-16-11-5-3-4-10(13)6-11/h3-6H,7H2,1-2H3. The second-order valence-corrected chi connectivity index (χ2v) is 5.51. The lowest BCUT2D eigenvalue weighted by Gasteiger charge is -2.01. The molecule has 0 unspecified atom stereocenters. The predicted octanol–water partition coefficient (Wildman–Crippen LogP) is 4.35. The molecular formula is C12H12BrNOS. The molecule has 1 aromatic carbocycles. The van der Waals surface area contributed by atoms with Crippen molar-refractivity contribution in [3.8, 4) is 0 Å². The van der Waals surface area contributed by atoms with Crippen molar-refractivity contribution in [2.75, 3.05) is 0 Å². The van der Waals surface area contributed by atoms with Crippen LogP contribution in [0.3, 0.4) is 0 Å². The fourth-order valence-corrected chi connectivity index (χ4v) is 3.08. The lowest BCUT2D eigenvalue weighted by Crippen LogP contribution is -1.84. The molecule has 0 amide bonds. The van der Waals surface area contributed by atoms with E-state index in [1.165, 1.54) is 10.5 Å². The van der Waals surface area contributed by atoms with Gasteiger partial charge in [-0.05, 0) is 32.0 Å². The largest absolute Gasteiger partial charge is 0.361 e. The van der Waals surface area contributed by atoms with E-state index in [0.29, 0.717) is 0 Å². The number of benzene rings is 1. The Balaban J connectivity index is 2.08.